The van der Waals surface area contributed by atoms with Crippen molar-refractivity contribution in [3.8, 4) is 0 Å². The van der Waals surface area contributed by atoms with Crippen LogP contribution in [0.2, 0.25) is 0 Å². The van der Waals surface area contributed by atoms with E-state index in [4.69, 9.17) is 0 Å². The van der Waals surface area contributed by atoms with Gasteiger partial charge in [0.1, 0.15) is 5.82 Å². The molecule has 0 fully saturated rings. The molecule has 1 aromatic rings. The van der Waals surface area contributed by atoms with E-state index in [0.717, 1.165) is 31.4 Å². The lowest BCUT2D eigenvalue weighted by molar-refractivity contribution is 0.499. The van der Waals surface area contributed by atoms with Crippen molar-refractivity contribution in [2.75, 3.05) is 6.54 Å². The summed E-state index contributed by atoms with van der Waals surface area (Å²) in [5.74, 6) is -0.204. The number of hydrogen-bond donors (Lipinski definition) is 1. The molecule has 1 rings (SSSR count). The third-order valence-corrected chi connectivity index (χ3v) is 3.29. The Bertz CT molecular complexity index is 365. The van der Waals surface area contributed by atoms with Crippen LogP contribution in [0.3, 0.4) is 0 Å². The van der Waals surface area contributed by atoms with Crippen LogP contribution in [0.5, 0.6) is 0 Å². The molecule has 94 valence electrons. The molecule has 17 heavy (non-hydrogen) atoms. The first kappa shape index (κ1) is 14.4. The van der Waals surface area contributed by atoms with Crippen molar-refractivity contribution in [3.05, 3.63) is 46.7 Å². The van der Waals surface area contributed by atoms with E-state index < -0.39 is 0 Å². The Morgan fingerprint density at radius 1 is 1.53 bits per heavy atom. The summed E-state index contributed by atoms with van der Waals surface area (Å²) in [7, 11) is 0. The summed E-state index contributed by atoms with van der Waals surface area (Å²) >= 11 is 3.17. The smallest absolute Gasteiger partial charge is 0.137 e. The predicted octanol–water partition coefficient (Wildman–Crippen LogP) is 4.60. The molecule has 1 nitrogen and oxygen atoms in total. The van der Waals surface area contributed by atoms with E-state index in [1.54, 1.807) is 12.1 Å². The van der Waals surface area contributed by atoms with Crippen LogP contribution in [0.25, 0.3) is 0 Å². The number of nitrogens with one attached hydrogen (secondary N) is 1. The Morgan fingerprint density at radius 3 is 2.88 bits per heavy atom. The fraction of sp³-hybridized carbons (Fsp3) is 0.429. The molecule has 0 radical (unpaired) electrons. The van der Waals surface area contributed by atoms with Crippen LogP contribution in [-0.4, -0.2) is 6.54 Å². The quantitative estimate of drug-likeness (QED) is 0.726. The molecular weight excluding hydrogens is 281 g/mol. The van der Waals surface area contributed by atoms with Crippen molar-refractivity contribution >= 4 is 15.9 Å². The van der Waals surface area contributed by atoms with Gasteiger partial charge in [0.2, 0.25) is 0 Å². The SMILES string of the molecule is C=CCCC(NCCC)c1ccc(Br)c(F)c1. The highest BCUT2D eigenvalue weighted by Crippen LogP contribution is 2.23. The molecule has 0 bridgehead atoms. The second-order valence-electron chi connectivity index (χ2n) is 4.05. The highest BCUT2D eigenvalue weighted by atomic mass is 79.9. The fourth-order valence-corrected chi connectivity index (χ4v) is 1.97. The Labute approximate surface area is 111 Å². The summed E-state index contributed by atoms with van der Waals surface area (Å²) in [6.07, 6.45) is 4.85. The van der Waals surface area contributed by atoms with Crippen molar-refractivity contribution in [1.82, 2.24) is 5.32 Å². The molecule has 0 saturated carbocycles. The molecule has 1 N–H and O–H groups in total. The monoisotopic (exact) mass is 299 g/mol. The van der Waals surface area contributed by atoms with Crippen LogP contribution < -0.4 is 5.32 Å². The summed E-state index contributed by atoms with van der Waals surface area (Å²) in [6, 6.07) is 5.53. The molecule has 0 aliphatic carbocycles. The van der Waals surface area contributed by atoms with Crippen molar-refractivity contribution in [1.29, 1.82) is 0 Å². The lowest BCUT2D eigenvalue weighted by Gasteiger charge is -2.18. The van der Waals surface area contributed by atoms with Gasteiger partial charge in [-0.25, -0.2) is 4.39 Å². The van der Waals surface area contributed by atoms with E-state index in [0.29, 0.717) is 4.47 Å². The zero-order valence-electron chi connectivity index (χ0n) is 10.2. The molecule has 0 aliphatic rings. The Morgan fingerprint density at radius 2 is 2.29 bits per heavy atom. The van der Waals surface area contributed by atoms with Gasteiger partial charge in [0.05, 0.1) is 4.47 Å². The van der Waals surface area contributed by atoms with E-state index in [1.165, 1.54) is 0 Å². The van der Waals surface area contributed by atoms with Gasteiger partial charge in [0, 0.05) is 6.04 Å². The first-order valence-corrected chi connectivity index (χ1v) is 6.77. The maximum Gasteiger partial charge on any atom is 0.137 e. The summed E-state index contributed by atoms with van der Waals surface area (Å²) in [4.78, 5) is 0. The number of allylic oxidation sites excluding steroid dienone is 1. The first-order chi connectivity index (χ1) is 8.19. The van der Waals surface area contributed by atoms with Crippen molar-refractivity contribution < 1.29 is 4.39 Å². The summed E-state index contributed by atoms with van der Waals surface area (Å²) in [5.41, 5.74) is 1.00. The van der Waals surface area contributed by atoms with Gasteiger partial charge in [0.25, 0.3) is 0 Å². The van der Waals surface area contributed by atoms with E-state index >= 15 is 0 Å². The van der Waals surface area contributed by atoms with Crippen LogP contribution in [0.1, 0.15) is 37.8 Å². The minimum Gasteiger partial charge on any atom is -0.310 e. The van der Waals surface area contributed by atoms with Crippen LogP contribution in [0.15, 0.2) is 35.3 Å². The summed E-state index contributed by atoms with van der Waals surface area (Å²) < 4.78 is 14.0. The van der Waals surface area contributed by atoms with Crippen LogP contribution >= 0.6 is 15.9 Å². The van der Waals surface area contributed by atoms with Crippen LogP contribution in [-0.2, 0) is 0 Å². The van der Waals surface area contributed by atoms with Gasteiger partial charge in [-0.3, -0.25) is 0 Å². The zero-order chi connectivity index (χ0) is 12.7. The van der Waals surface area contributed by atoms with E-state index in [-0.39, 0.29) is 11.9 Å². The molecule has 0 spiro atoms. The van der Waals surface area contributed by atoms with Gasteiger partial charge in [-0.15, -0.1) is 6.58 Å². The highest BCUT2D eigenvalue weighted by Gasteiger charge is 2.11. The Hall–Kier alpha value is -0.670. The van der Waals surface area contributed by atoms with Gasteiger partial charge >= 0.3 is 0 Å². The molecule has 1 atom stereocenters. The number of benzene rings is 1. The van der Waals surface area contributed by atoms with Crippen molar-refractivity contribution in [3.63, 3.8) is 0 Å². The minimum absolute atomic E-state index is 0.204. The first-order valence-electron chi connectivity index (χ1n) is 5.98. The predicted molar refractivity (Wildman–Crippen MR) is 74.6 cm³/mol. The van der Waals surface area contributed by atoms with Gasteiger partial charge in [0.15, 0.2) is 0 Å². The normalized spacial score (nSPS) is 12.4. The maximum atomic E-state index is 13.5. The van der Waals surface area contributed by atoms with E-state index in [2.05, 4.69) is 34.7 Å². The number of rotatable bonds is 7. The van der Waals surface area contributed by atoms with Crippen LogP contribution in [0.4, 0.5) is 4.39 Å². The van der Waals surface area contributed by atoms with E-state index in [1.807, 2.05) is 12.1 Å². The summed E-state index contributed by atoms with van der Waals surface area (Å²) in [6.45, 7) is 6.80. The average Bonchev–Trinajstić information content (AvgIpc) is 2.33. The van der Waals surface area contributed by atoms with Gasteiger partial charge in [-0.05, 0) is 59.4 Å². The molecule has 1 unspecified atom stereocenters. The molecule has 0 aliphatic heterocycles. The second kappa shape index (κ2) is 7.62. The molecule has 0 amide bonds. The molecule has 1 aromatic carbocycles. The standard InChI is InChI=1S/C14H19BrFN/c1-3-5-6-14(17-9-4-2)11-7-8-12(15)13(16)10-11/h3,7-8,10,14,17H,1,4-6,9H2,2H3. The van der Waals surface area contributed by atoms with Crippen molar-refractivity contribution in [2.24, 2.45) is 0 Å². The van der Waals surface area contributed by atoms with Gasteiger partial charge in [-0.2, -0.15) is 0 Å². The maximum absolute atomic E-state index is 13.5. The lowest BCUT2D eigenvalue weighted by atomic mass is 10.0. The largest absolute Gasteiger partial charge is 0.310 e. The average molecular weight is 300 g/mol. The minimum atomic E-state index is -0.204. The third-order valence-electron chi connectivity index (χ3n) is 2.65. The van der Waals surface area contributed by atoms with Crippen molar-refractivity contribution in [2.45, 2.75) is 32.2 Å². The second-order valence-corrected chi connectivity index (χ2v) is 4.90. The Kier molecular flexibility index (Phi) is 6.45. The topological polar surface area (TPSA) is 12.0 Å². The highest BCUT2D eigenvalue weighted by molar-refractivity contribution is 9.10. The lowest BCUT2D eigenvalue weighted by Crippen LogP contribution is -2.22. The Balaban J connectivity index is 2.78. The third kappa shape index (κ3) is 4.60. The molecular formula is C14H19BrFN. The molecule has 0 saturated heterocycles. The van der Waals surface area contributed by atoms with E-state index in [9.17, 15) is 4.39 Å². The number of halogens is 2. The zero-order valence-corrected chi connectivity index (χ0v) is 11.8. The fourth-order valence-electron chi connectivity index (χ4n) is 1.72. The summed E-state index contributed by atoms with van der Waals surface area (Å²) in [5, 5.41) is 3.44. The number of hydrogen-bond acceptors (Lipinski definition) is 1. The van der Waals surface area contributed by atoms with Gasteiger partial charge < -0.3 is 5.32 Å². The molecule has 0 heterocycles. The molecule has 0 aromatic heterocycles. The molecule has 3 heteroatoms. The van der Waals surface area contributed by atoms with Crippen LogP contribution in [0, 0.1) is 5.82 Å². The van der Waals surface area contributed by atoms with Gasteiger partial charge in [-0.1, -0.05) is 19.1 Å².